The zero-order chi connectivity index (χ0) is 15.1. The molecule has 1 heterocycles. The molecular formula is C16H20BrN3O. The Bertz CT molecular complexity index is 572. The number of methoxy groups -OCH3 is 1. The largest absolute Gasteiger partial charge is 0.497 e. The van der Waals surface area contributed by atoms with Crippen molar-refractivity contribution in [3.63, 3.8) is 0 Å². The Kier molecular flexibility index (Phi) is 5.99. The topological polar surface area (TPSA) is 47.0 Å². The summed E-state index contributed by atoms with van der Waals surface area (Å²) < 4.78 is 5.98. The Labute approximate surface area is 134 Å². The van der Waals surface area contributed by atoms with Gasteiger partial charge in [0.25, 0.3) is 0 Å². The van der Waals surface area contributed by atoms with Gasteiger partial charge in [0.15, 0.2) is 0 Å². The predicted octanol–water partition coefficient (Wildman–Crippen LogP) is 3.85. The van der Waals surface area contributed by atoms with Crippen molar-refractivity contribution in [1.29, 1.82) is 0 Å². The van der Waals surface area contributed by atoms with Gasteiger partial charge in [0.05, 0.1) is 7.11 Å². The maximum atomic E-state index is 5.15. The summed E-state index contributed by atoms with van der Waals surface area (Å²) in [5.74, 6) is 2.63. The Hall–Kier alpha value is -1.62. The molecule has 0 atom stereocenters. The van der Waals surface area contributed by atoms with Crippen LogP contribution in [0.2, 0.25) is 0 Å². The van der Waals surface area contributed by atoms with E-state index >= 15 is 0 Å². The maximum Gasteiger partial charge on any atom is 0.132 e. The number of rotatable bonds is 7. The molecule has 0 spiro atoms. The second-order valence-corrected chi connectivity index (χ2v) is 5.58. The molecule has 21 heavy (non-hydrogen) atoms. The summed E-state index contributed by atoms with van der Waals surface area (Å²) in [6, 6.07) is 10.0. The van der Waals surface area contributed by atoms with Crippen LogP contribution in [-0.4, -0.2) is 23.6 Å². The molecule has 5 heteroatoms. The van der Waals surface area contributed by atoms with Gasteiger partial charge in [-0.05, 0) is 46.5 Å². The number of ether oxygens (including phenoxy) is 1. The first-order valence-electron chi connectivity index (χ1n) is 7.11. The Morgan fingerprint density at radius 3 is 2.57 bits per heavy atom. The molecular weight excluding hydrogens is 330 g/mol. The van der Waals surface area contributed by atoms with Crippen LogP contribution in [0.3, 0.4) is 0 Å². The van der Waals surface area contributed by atoms with Gasteiger partial charge in [-0.15, -0.1) is 0 Å². The molecule has 0 aliphatic carbocycles. The molecule has 0 aliphatic rings. The maximum absolute atomic E-state index is 5.15. The lowest BCUT2D eigenvalue weighted by Crippen LogP contribution is -2.08. The standard InChI is InChI=1S/C16H20BrN3O/c1-3-4-15-19-14(17)11-16(20-15)18-10-9-12-5-7-13(21-2)8-6-12/h5-8,11H,3-4,9-10H2,1-2H3,(H,18,19,20). The fraction of sp³-hybridized carbons (Fsp3) is 0.375. The van der Waals surface area contributed by atoms with Crippen LogP contribution in [0.1, 0.15) is 24.7 Å². The van der Waals surface area contributed by atoms with Crippen molar-refractivity contribution in [3.8, 4) is 5.75 Å². The minimum absolute atomic E-state index is 0.827. The monoisotopic (exact) mass is 349 g/mol. The zero-order valence-corrected chi connectivity index (χ0v) is 14.0. The number of aryl methyl sites for hydroxylation is 1. The van der Waals surface area contributed by atoms with E-state index in [1.165, 1.54) is 5.56 Å². The summed E-state index contributed by atoms with van der Waals surface area (Å²) in [6.45, 7) is 2.96. The third kappa shape index (κ3) is 5.01. The number of anilines is 1. The number of halogens is 1. The first-order valence-corrected chi connectivity index (χ1v) is 7.91. The van der Waals surface area contributed by atoms with Crippen LogP contribution in [0.4, 0.5) is 5.82 Å². The lowest BCUT2D eigenvalue weighted by Gasteiger charge is -2.08. The lowest BCUT2D eigenvalue weighted by molar-refractivity contribution is 0.414. The molecule has 2 rings (SSSR count). The van der Waals surface area contributed by atoms with Crippen molar-refractivity contribution < 1.29 is 4.74 Å². The molecule has 112 valence electrons. The van der Waals surface area contributed by atoms with E-state index in [1.807, 2.05) is 18.2 Å². The van der Waals surface area contributed by atoms with Gasteiger partial charge in [0.2, 0.25) is 0 Å². The van der Waals surface area contributed by atoms with E-state index in [9.17, 15) is 0 Å². The fourth-order valence-electron chi connectivity index (χ4n) is 2.02. The molecule has 4 nitrogen and oxygen atoms in total. The molecule has 0 fully saturated rings. The fourth-order valence-corrected chi connectivity index (χ4v) is 2.44. The Morgan fingerprint density at radius 1 is 1.14 bits per heavy atom. The van der Waals surface area contributed by atoms with Crippen LogP contribution < -0.4 is 10.1 Å². The quantitative estimate of drug-likeness (QED) is 0.771. The van der Waals surface area contributed by atoms with Gasteiger partial charge in [-0.2, -0.15) is 0 Å². The second-order valence-electron chi connectivity index (χ2n) is 4.77. The van der Waals surface area contributed by atoms with Crippen molar-refractivity contribution >= 4 is 21.7 Å². The van der Waals surface area contributed by atoms with Gasteiger partial charge in [-0.1, -0.05) is 19.1 Å². The highest BCUT2D eigenvalue weighted by molar-refractivity contribution is 9.10. The molecule has 2 aromatic rings. The molecule has 0 amide bonds. The van der Waals surface area contributed by atoms with Gasteiger partial charge in [-0.25, -0.2) is 9.97 Å². The van der Waals surface area contributed by atoms with Crippen LogP contribution in [0, 0.1) is 0 Å². The van der Waals surface area contributed by atoms with Crippen LogP contribution in [0.15, 0.2) is 34.9 Å². The number of nitrogens with zero attached hydrogens (tertiary/aromatic N) is 2. The normalized spacial score (nSPS) is 10.4. The highest BCUT2D eigenvalue weighted by Gasteiger charge is 2.02. The third-order valence-corrected chi connectivity index (χ3v) is 3.50. The second kappa shape index (κ2) is 7.98. The molecule has 1 aromatic heterocycles. The summed E-state index contributed by atoms with van der Waals surface area (Å²) in [6.07, 6.45) is 2.88. The van der Waals surface area contributed by atoms with Crippen molar-refractivity contribution in [1.82, 2.24) is 9.97 Å². The van der Waals surface area contributed by atoms with E-state index in [4.69, 9.17) is 4.74 Å². The van der Waals surface area contributed by atoms with Gasteiger partial charge < -0.3 is 10.1 Å². The molecule has 0 radical (unpaired) electrons. The zero-order valence-electron chi connectivity index (χ0n) is 12.4. The van der Waals surface area contributed by atoms with Crippen molar-refractivity contribution in [3.05, 3.63) is 46.3 Å². The minimum Gasteiger partial charge on any atom is -0.497 e. The predicted molar refractivity (Wildman–Crippen MR) is 88.9 cm³/mol. The highest BCUT2D eigenvalue weighted by Crippen LogP contribution is 2.14. The minimum atomic E-state index is 0.827. The first-order chi connectivity index (χ1) is 10.2. The van der Waals surface area contributed by atoms with Gasteiger partial charge in [0, 0.05) is 19.0 Å². The van der Waals surface area contributed by atoms with Crippen LogP contribution in [0.25, 0.3) is 0 Å². The Morgan fingerprint density at radius 2 is 1.90 bits per heavy atom. The summed E-state index contributed by atoms with van der Waals surface area (Å²) in [4.78, 5) is 8.87. The van der Waals surface area contributed by atoms with Crippen LogP contribution >= 0.6 is 15.9 Å². The number of aromatic nitrogens is 2. The number of nitrogens with one attached hydrogen (secondary N) is 1. The van der Waals surface area contributed by atoms with Crippen molar-refractivity contribution in [2.24, 2.45) is 0 Å². The average Bonchev–Trinajstić information content (AvgIpc) is 2.48. The average molecular weight is 350 g/mol. The Balaban J connectivity index is 1.90. The molecule has 0 bridgehead atoms. The molecule has 1 N–H and O–H groups in total. The van der Waals surface area contributed by atoms with Gasteiger partial charge in [0.1, 0.15) is 22.0 Å². The molecule has 0 saturated heterocycles. The summed E-state index contributed by atoms with van der Waals surface area (Å²) in [7, 11) is 1.68. The van der Waals surface area contributed by atoms with Crippen LogP contribution in [-0.2, 0) is 12.8 Å². The van der Waals surface area contributed by atoms with Gasteiger partial charge in [-0.3, -0.25) is 0 Å². The SMILES string of the molecule is CCCc1nc(Br)cc(NCCc2ccc(OC)cc2)n1. The lowest BCUT2D eigenvalue weighted by atomic mass is 10.1. The molecule has 0 aliphatic heterocycles. The number of hydrogen-bond acceptors (Lipinski definition) is 4. The van der Waals surface area contributed by atoms with E-state index in [2.05, 4.69) is 50.3 Å². The van der Waals surface area contributed by atoms with Crippen molar-refractivity contribution in [2.75, 3.05) is 19.0 Å². The first kappa shape index (κ1) is 15.8. The van der Waals surface area contributed by atoms with E-state index < -0.39 is 0 Å². The molecule has 0 saturated carbocycles. The van der Waals surface area contributed by atoms with Crippen LogP contribution in [0.5, 0.6) is 5.75 Å². The van der Waals surface area contributed by atoms with Crippen molar-refractivity contribution in [2.45, 2.75) is 26.2 Å². The third-order valence-electron chi connectivity index (χ3n) is 3.09. The van der Waals surface area contributed by atoms with E-state index in [-0.39, 0.29) is 0 Å². The summed E-state index contributed by atoms with van der Waals surface area (Å²) in [5.41, 5.74) is 1.27. The summed E-state index contributed by atoms with van der Waals surface area (Å²) >= 11 is 3.43. The number of benzene rings is 1. The summed E-state index contributed by atoms with van der Waals surface area (Å²) in [5, 5.41) is 3.35. The van der Waals surface area contributed by atoms with E-state index in [0.717, 1.165) is 47.8 Å². The van der Waals surface area contributed by atoms with E-state index in [1.54, 1.807) is 7.11 Å². The van der Waals surface area contributed by atoms with E-state index in [0.29, 0.717) is 0 Å². The highest BCUT2D eigenvalue weighted by atomic mass is 79.9. The molecule has 0 unspecified atom stereocenters. The van der Waals surface area contributed by atoms with Gasteiger partial charge >= 0.3 is 0 Å². The molecule has 1 aromatic carbocycles. The number of hydrogen-bond donors (Lipinski definition) is 1. The smallest absolute Gasteiger partial charge is 0.132 e.